The van der Waals surface area contributed by atoms with E-state index in [1.54, 1.807) is 13.8 Å². The minimum atomic E-state index is -0.525. The van der Waals surface area contributed by atoms with Gasteiger partial charge in [-0.1, -0.05) is 23.1 Å². The molecule has 0 aromatic carbocycles. The van der Waals surface area contributed by atoms with E-state index in [4.69, 9.17) is 21.1 Å². The van der Waals surface area contributed by atoms with Gasteiger partial charge in [-0.15, -0.1) is 0 Å². The van der Waals surface area contributed by atoms with Gasteiger partial charge in [0, 0.05) is 0 Å². The molecular weight excluding hydrogens is 244 g/mol. The number of rotatable bonds is 6. The van der Waals surface area contributed by atoms with Crippen LogP contribution in [0.2, 0.25) is 0 Å². The minimum Gasteiger partial charge on any atom is -0.466 e. The zero-order valence-corrected chi connectivity index (χ0v) is 10.7. The first-order valence-electron chi connectivity index (χ1n) is 5.27. The summed E-state index contributed by atoms with van der Waals surface area (Å²) in [6.07, 6.45) is 0.286. The van der Waals surface area contributed by atoms with Crippen LogP contribution in [0.15, 0.2) is 22.6 Å². The van der Waals surface area contributed by atoms with Crippen molar-refractivity contribution in [2.24, 2.45) is 0 Å². The number of carbonyl (C=O) groups excluding carboxylic acids is 2. The summed E-state index contributed by atoms with van der Waals surface area (Å²) in [4.78, 5) is 22.6. The molecule has 94 valence electrons. The van der Waals surface area contributed by atoms with Crippen LogP contribution < -0.4 is 0 Å². The summed E-state index contributed by atoms with van der Waals surface area (Å²) in [5, 5.41) is 0. The summed E-state index contributed by atoms with van der Waals surface area (Å²) < 4.78 is 9.56. The smallest absolute Gasteiger partial charge is 0.342 e. The average molecular weight is 259 g/mol. The van der Waals surface area contributed by atoms with Gasteiger partial charge >= 0.3 is 11.9 Å². The first-order chi connectivity index (χ1) is 8.15. The van der Waals surface area contributed by atoms with Crippen LogP contribution in [0.3, 0.4) is 0 Å². The minimum absolute atomic E-state index is 0.0962. The first kappa shape index (κ1) is 15.5. The number of hydrogen-bond acceptors (Lipinski definition) is 4. The third kappa shape index (κ3) is 7.42. The van der Waals surface area contributed by atoms with E-state index in [1.165, 1.54) is 0 Å². The molecule has 0 saturated carbocycles. The fourth-order valence-electron chi connectivity index (χ4n) is 1.01. The number of halogens is 1. The molecule has 4 nitrogen and oxygen atoms in total. The van der Waals surface area contributed by atoms with Gasteiger partial charge < -0.3 is 9.47 Å². The van der Waals surface area contributed by atoms with Crippen molar-refractivity contribution in [1.82, 2.24) is 0 Å². The summed E-state index contributed by atoms with van der Waals surface area (Å²) >= 11 is 5.28. The predicted octanol–water partition coefficient (Wildman–Crippen LogP) is 2.33. The molecular formula is C12H15ClO4. The van der Waals surface area contributed by atoms with Gasteiger partial charge in [-0.25, -0.2) is 4.79 Å². The molecule has 0 spiro atoms. The number of carbonyl (C=O) groups is 2. The van der Waals surface area contributed by atoms with Crippen LogP contribution in [0.25, 0.3) is 0 Å². The zero-order valence-electron chi connectivity index (χ0n) is 9.92. The van der Waals surface area contributed by atoms with Gasteiger partial charge in [-0.05, 0) is 20.3 Å². The van der Waals surface area contributed by atoms with Crippen molar-refractivity contribution in [1.29, 1.82) is 0 Å². The highest BCUT2D eigenvalue weighted by atomic mass is 35.5. The van der Waals surface area contributed by atoms with E-state index >= 15 is 0 Å². The Morgan fingerprint density at radius 1 is 1.18 bits per heavy atom. The SMILES string of the molecule is CCOC(=O)CCC(=C=C=CCl)C(=O)OCC. The lowest BCUT2D eigenvalue weighted by atomic mass is 10.1. The average Bonchev–Trinajstić information content (AvgIpc) is 2.29. The Bertz CT molecular complexity index is 361. The summed E-state index contributed by atoms with van der Waals surface area (Å²) in [7, 11) is 0. The molecule has 5 heteroatoms. The van der Waals surface area contributed by atoms with Crippen molar-refractivity contribution in [2.75, 3.05) is 13.2 Å². The molecule has 0 rings (SSSR count). The Labute approximate surface area is 106 Å². The lowest BCUT2D eigenvalue weighted by Gasteiger charge is -2.04. The molecule has 17 heavy (non-hydrogen) atoms. The maximum atomic E-state index is 11.4. The Kier molecular flexibility index (Phi) is 8.89. The molecule has 0 atom stereocenters. The number of ether oxygens (including phenoxy) is 2. The van der Waals surface area contributed by atoms with Gasteiger partial charge in [0.2, 0.25) is 0 Å². The predicted molar refractivity (Wildman–Crippen MR) is 63.5 cm³/mol. The van der Waals surface area contributed by atoms with Crippen molar-refractivity contribution in [3.8, 4) is 0 Å². The van der Waals surface area contributed by atoms with Crippen LogP contribution >= 0.6 is 11.6 Å². The van der Waals surface area contributed by atoms with Gasteiger partial charge in [0.1, 0.15) is 0 Å². The molecule has 0 heterocycles. The second-order valence-corrected chi connectivity index (χ2v) is 3.10. The van der Waals surface area contributed by atoms with Crippen LogP contribution in [0.5, 0.6) is 0 Å². The third-order valence-electron chi connectivity index (χ3n) is 1.68. The number of esters is 2. The van der Waals surface area contributed by atoms with Gasteiger partial charge in [-0.2, -0.15) is 0 Å². The molecule has 0 aromatic rings. The van der Waals surface area contributed by atoms with Crippen LogP contribution in [0, 0.1) is 0 Å². The Morgan fingerprint density at radius 3 is 2.35 bits per heavy atom. The second-order valence-electron chi connectivity index (χ2n) is 2.88. The molecule has 0 aromatic heterocycles. The fourth-order valence-corrected chi connectivity index (χ4v) is 1.06. The number of hydrogen-bond donors (Lipinski definition) is 0. The van der Waals surface area contributed by atoms with Crippen LogP contribution in [-0.4, -0.2) is 25.2 Å². The van der Waals surface area contributed by atoms with Crippen LogP contribution in [0.1, 0.15) is 26.7 Å². The lowest BCUT2D eigenvalue weighted by molar-refractivity contribution is -0.143. The summed E-state index contributed by atoms with van der Waals surface area (Å²) in [5.41, 5.74) is 6.31. The van der Waals surface area contributed by atoms with E-state index in [1.807, 2.05) is 0 Å². The third-order valence-corrected chi connectivity index (χ3v) is 1.79. The monoisotopic (exact) mass is 258 g/mol. The Balaban J connectivity index is 4.58. The quantitative estimate of drug-likeness (QED) is 0.417. The van der Waals surface area contributed by atoms with E-state index in [9.17, 15) is 9.59 Å². The summed E-state index contributed by atoms with van der Waals surface area (Å²) in [6, 6.07) is 0. The molecule has 0 aliphatic rings. The largest absolute Gasteiger partial charge is 0.466 e. The maximum Gasteiger partial charge on any atom is 0.342 e. The van der Waals surface area contributed by atoms with E-state index < -0.39 is 5.97 Å². The topological polar surface area (TPSA) is 52.6 Å². The van der Waals surface area contributed by atoms with Crippen molar-refractivity contribution in [3.05, 3.63) is 22.6 Å². The van der Waals surface area contributed by atoms with E-state index in [2.05, 4.69) is 11.5 Å². The van der Waals surface area contributed by atoms with E-state index in [-0.39, 0.29) is 31.0 Å². The van der Waals surface area contributed by atoms with Crippen LogP contribution in [0.4, 0.5) is 0 Å². The molecule has 0 amide bonds. The highest BCUT2D eigenvalue weighted by Crippen LogP contribution is 2.07. The summed E-state index contributed by atoms with van der Waals surface area (Å²) in [5.74, 6) is -0.895. The fraction of sp³-hybridized carbons (Fsp3) is 0.500. The maximum absolute atomic E-state index is 11.4. The van der Waals surface area contributed by atoms with Gasteiger partial charge in [-0.3, -0.25) is 4.79 Å². The molecule has 0 saturated heterocycles. The Hall–Kier alpha value is -1.47. The molecule has 0 fully saturated rings. The highest BCUT2D eigenvalue weighted by Gasteiger charge is 2.12. The van der Waals surface area contributed by atoms with Crippen molar-refractivity contribution in [2.45, 2.75) is 26.7 Å². The van der Waals surface area contributed by atoms with Crippen molar-refractivity contribution in [3.63, 3.8) is 0 Å². The lowest BCUT2D eigenvalue weighted by Crippen LogP contribution is -2.10. The standard InChI is InChI=1S/C12H15ClO4/c1-3-16-11(14)8-7-10(6-5-9-13)12(15)17-4-2/h9H,3-4,7-8H2,1-2H3. The molecule has 0 N–H and O–H groups in total. The zero-order chi connectivity index (χ0) is 13.1. The molecule has 0 aliphatic carbocycles. The van der Waals surface area contributed by atoms with Crippen molar-refractivity contribution < 1.29 is 19.1 Å². The molecule has 0 bridgehead atoms. The van der Waals surface area contributed by atoms with Gasteiger partial charge in [0.15, 0.2) is 0 Å². The molecule has 0 radical (unpaired) electrons. The second kappa shape index (κ2) is 9.73. The normalized spacial score (nSPS) is 8.65. The molecule has 0 aliphatic heterocycles. The first-order valence-corrected chi connectivity index (χ1v) is 5.71. The van der Waals surface area contributed by atoms with E-state index in [0.717, 1.165) is 5.54 Å². The van der Waals surface area contributed by atoms with Gasteiger partial charge in [0.05, 0.1) is 30.7 Å². The molecule has 0 unspecified atom stereocenters. The van der Waals surface area contributed by atoms with E-state index in [0.29, 0.717) is 6.61 Å². The van der Waals surface area contributed by atoms with Gasteiger partial charge in [0.25, 0.3) is 0 Å². The van der Waals surface area contributed by atoms with Crippen LogP contribution in [-0.2, 0) is 19.1 Å². The Morgan fingerprint density at radius 2 is 1.82 bits per heavy atom. The van der Waals surface area contributed by atoms with Crippen molar-refractivity contribution >= 4 is 23.5 Å². The summed E-state index contributed by atoms with van der Waals surface area (Å²) in [6.45, 7) is 3.99. The highest BCUT2D eigenvalue weighted by molar-refractivity contribution is 6.25.